The Kier molecular flexibility index (Phi) is 4.51. The largest absolute Gasteiger partial charge is 0.496 e. The van der Waals surface area contributed by atoms with Gasteiger partial charge in [0.25, 0.3) is 0 Å². The summed E-state index contributed by atoms with van der Waals surface area (Å²) < 4.78 is 16.7. The normalized spacial score (nSPS) is 18.5. The minimum atomic E-state index is 0.376. The molecule has 5 nitrogen and oxygen atoms in total. The smallest absolute Gasteiger partial charge is 0.165 e. The van der Waals surface area contributed by atoms with Crippen molar-refractivity contribution in [2.24, 2.45) is 5.73 Å². The van der Waals surface area contributed by atoms with Gasteiger partial charge >= 0.3 is 0 Å². The molecule has 138 valence electrons. The van der Waals surface area contributed by atoms with Crippen molar-refractivity contribution in [3.63, 3.8) is 0 Å². The Morgan fingerprint density at radius 2 is 1.85 bits per heavy atom. The van der Waals surface area contributed by atoms with E-state index in [1.165, 1.54) is 22.3 Å². The number of benzene rings is 2. The second-order valence-electron chi connectivity index (χ2n) is 6.95. The molecule has 0 aromatic heterocycles. The van der Waals surface area contributed by atoms with Crippen LogP contribution in [0.25, 0.3) is 0 Å². The third-order valence-corrected chi connectivity index (χ3v) is 5.75. The molecule has 0 spiro atoms. The molecule has 0 unspecified atom stereocenters. The van der Waals surface area contributed by atoms with Crippen molar-refractivity contribution in [3.8, 4) is 17.2 Å². The lowest BCUT2D eigenvalue weighted by Gasteiger charge is -2.42. The Balaban J connectivity index is 1.76. The Morgan fingerprint density at radius 1 is 1.04 bits per heavy atom. The Bertz CT molecular complexity index is 834. The van der Waals surface area contributed by atoms with Crippen LogP contribution in [0, 0.1) is 0 Å². The number of hydrogen-bond donors (Lipinski definition) is 1. The first-order chi connectivity index (χ1) is 12.7. The number of nitrogens with zero attached hydrogens (tertiary/aromatic N) is 1. The fourth-order valence-electron chi connectivity index (χ4n) is 4.41. The Hall–Kier alpha value is -2.24. The highest BCUT2D eigenvalue weighted by molar-refractivity contribution is 5.53. The van der Waals surface area contributed by atoms with Crippen LogP contribution in [-0.4, -0.2) is 32.8 Å². The van der Waals surface area contributed by atoms with Crippen LogP contribution < -0.4 is 19.9 Å². The van der Waals surface area contributed by atoms with Gasteiger partial charge < -0.3 is 19.9 Å². The Labute approximate surface area is 154 Å². The van der Waals surface area contributed by atoms with E-state index in [0.717, 1.165) is 48.7 Å². The predicted octanol–water partition coefficient (Wildman–Crippen LogP) is 2.83. The third-order valence-electron chi connectivity index (χ3n) is 5.75. The zero-order valence-electron chi connectivity index (χ0n) is 15.7. The maximum absolute atomic E-state index is 5.95. The molecule has 5 heteroatoms. The van der Waals surface area contributed by atoms with E-state index in [-0.39, 0.29) is 0 Å². The van der Waals surface area contributed by atoms with E-state index in [4.69, 9.17) is 19.9 Å². The minimum absolute atomic E-state index is 0.376. The lowest BCUT2D eigenvalue weighted by molar-refractivity contribution is 0.157. The van der Waals surface area contributed by atoms with Crippen molar-refractivity contribution in [1.29, 1.82) is 0 Å². The molecule has 4 rings (SSSR count). The van der Waals surface area contributed by atoms with E-state index in [1.54, 1.807) is 21.3 Å². The maximum atomic E-state index is 5.95. The number of nitrogens with two attached hydrogens (primary N) is 1. The van der Waals surface area contributed by atoms with Gasteiger partial charge in [0.15, 0.2) is 11.5 Å². The Morgan fingerprint density at radius 3 is 2.54 bits per heavy atom. The van der Waals surface area contributed by atoms with E-state index in [9.17, 15) is 0 Å². The van der Waals surface area contributed by atoms with E-state index in [2.05, 4.69) is 23.1 Å². The van der Waals surface area contributed by atoms with Gasteiger partial charge in [0.1, 0.15) is 5.75 Å². The van der Waals surface area contributed by atoms with Gasteiger partial charge in [-0.1, -0.05) is 6.07 Å². The summed E-state index contributed by atoms with van der Waals surface area (Å²) in [5.74, 6) is 2.58. The molecule has 2 aliphatic rings. The lowest BCUT2D eigenvalue weighted by Crippen LogP contribution is -2.39. The van der Waals surface area contributed by atoms with Gasteiger partial charge in [0, 0.05) is 36.8 Å². The number of ether oxygens (including phenoxy) is 3. The van der Waals surface area contributed by atoms with Crippen LogP contribution in [0.5, 0.6) is 17.2 Å². The van der Waals surface area contributed by atoms with Gasteiger partial charge in [-0.15, -0.1) is 0 Å². The van der Waals surface area contributed by atoms with Crippen LogP contribution in [0.2, 0.25) is 0 Å². The highest BCUT2D eigenvalue weighted by atomic mass is 16.5. The van der Waals surface area contributed by atoms with E-state index >= 15 is 0 Å². The summed E-state index contributed by atoms with van der Waals surface area (Å²) in [6, 6.07) is 8.99. The first-order valence-corrected chi connectivity index (χ1v) is 9.06. The van der Waals surface area contributed by atoms with Gasteiger partial charge in [-0.25, -0.2) is 0 Å². The zero-order chi connectivity index (χ0) is 18.3. The van der Waals surface area contributed by atoms with Crippen molar-refractivity contribution in [1.82, 2.24) is 4.90 Å². The molecule has 0 saturated heterocycles. The molecule has 0 saturated carbocycles. The average molecular weight is 354 g/mol. The number of fused-ring (bicyclic) bond motifs is 4. The molecule has 0 fully saturated rings. The third kappa shape index (κ3) is 2.63. The highest BCUT2D eigenvalue weighted by Gasteiger charge is 2.34. The minimum Gasteiger partial charge on any atom is -0.496 e. The molecule has 1 atom stereocenters. The second-order valence-corrected chi connectivity index (χ2v) is 6.95. The lowest BCUT2D eigenvalue weighted by atomic mass is 9.83. The predicted molar refractivity (Wildman–Crippen MR) is 101 cm³/mol. The highest BCUT2D eigenvalue weighted by Crippen LogP contribution is 2.44. The van der Waals surface area contributed by atoms with Crippen molar-refractivity contribution in [3.05, 3.63) is 52.1 Å². The molecular weight excluding hydrogens is 328 g/mol. The van der Waals surface area contributed by atoms with Crippen molar-refractivity contribution in [2.75, 3.05) is 27.9 Å². The average Bonchev–Trinajstić information content (AvgIpc) is 2.70. The monoisotopic (exact) mass is 354 g/mol. The molecule has 2 N–H and O–H groups in total. The molecule has 26 heavy (non-hydrogen) atoms. The first kappa shape index (κ1) is 17.2. The molecular formula is C21H26N2O3. The van der Waals surface area contributed by atoms with Crippen LogP contribution in [0.1, 0.15) is 33.9 Å². The number of hydrogen-bond acceptors (Lipinski definition) is 5. The molecule has 2 heterocycles. The fraction of sp³-hybridized carbons (Fsp3) is 0.429. The van der Waals surface area contributed by atoms with Gasteiger partial charge in [-0.05, 0) is 47.7 Å². The molecule has 2 aromatic rings. The summed E-state index contributed by atoms with van der Waals surface area (Å²) in [5.41, 5.74) is 12.4. The maximum Gasteiger partial charge on any atom is 0.165 e. The molecule has 0 bridgehead atoms. The second kappa shape index (κ2) is 6.82. The topological polar surface area (TPSA) is 57.0 Å². The van der Waals surface area contributed by atoms with Gasteiger partial charge in [-0.3, -0.25) is 4.90 Å². The van der Waals surface area contributed by atoms with Gasteiger partial charge in [0.2, 0.25) is 0 Å². The van der Waals surface area contributed by atoms with Crippen LogP contribution in [0.3, 0.4) is 0 Å². The van der Waals surface area contributed by atoms with E-state index in [0.29, 0.717) is 12.6 Å². The summed E-state index contributed by atoms with van der Waals surface area (Å²) in [6.07, 6.45) is 1.99. The first-order valence-electron chi connectivity index (χ1n) is 9.06. The van der Waals surface area contributed by atoms with Crippen molar-refractivity contribution < 1.29 is 14.2 Å². The van der Waals surface area contributed by atoms with Crippen LogP contribution in [-0.2, 0) is 25.9 Å². The molecule has 0 amide bonds. The quantitative estimate of drug-likeness (QED) is 0.915. The standard InChI is InChI=1S/C21H26N2O3/c1-24-19-5-4-13-9-18-16-8-15(11-22)20(25-2)10-14(16)6-7-23(18)12-17(13)21(19)26-3/h4-5,8,10,18H,6-7,9,11-12,22H2,1-3H3/t18-/m0/s1. The van der Waals surface area contributed by atoms with Crippen LogP contribution >= 0.6 is 0 Å². The summed E-state index contributed by atoms with van der Waals surface area (Å²) >= 11 is 0. The summed E-state index contributed by atoms with van der Waals surface area (Å²) in [5, 5.41) is 0. The van der Waals surface area contributed by atoms with E-state index < -0.39 is 0 Å². The summed E-state index contributed by atoms with van der Waals surface area (Å²) in [6.45, 7) is 2.40. The fourth-order valence-corrected chi connectivity index (χ4v) is 4.41. The molecule has 2 aliphatic heterocycles. The number of methoxy groups -OCH3 is 3. The van der Waals surface area contributed by atoms with Crippen LogP contribution in [0.15, 0.2) is 24.3 Å². The van der Waals surface area contributed by atoms with Crippen LogP contribution in [0.4, 0.5) is 0 Å². The van der Waals surface area contributed by atoms with Gasteiger partial charge in [-0.2, -0.15) is 0 Å². The summed E-state index contributed by atoms with van der Waals surface area (Å²) in [4.78, 5) is 2.54. The van der Waals surface area contributed by atoms with Crippen molar-refractivity contribution >= 4 is 0 Å². The molecule has 2 aromatic carbocycles. The van der Waals surface area contributed by atoms with Gasteiger partial charge in [0.05, 0.1) is 21.3 Å². The molecule has 0 aliphatic carbocycles. The van der Waals surface area contributed by atoms with Crippen molar-refractivity contribution in [2.45, 2.75) is 32.0 Å². The van der Waals surface area contributed by atoms with E-state index in [1.807, 2.05) is 6.07 Å². The number of rotatable bonds is 4. The molecule has 0 radical (unpaired) electrons. The summed E-state index contributed by atoms with van der Waals surface area (Å²) in [7, 11) is 5.12. The zero-order valence-corrected chi connectivity index (χ0v) is 15.7. The SMILES string of the molecule is COc1cc2c(cc1CN)[C@@H]1Cc3ccc(OC)c(OC)c3CN1CC2.